The van der Waals surface area contributed by atoms with E-state index in [1.165, 1.54) is 0 Å². The van der Waals surface area contributed by atoms with Crippen LogP contribution in [0.15, 0.2) is 24.3 Å². The molecular formula is C22H29N3O5S. The zero-order chi connectivity index (χ0) is 22.9. The molecule has 1 N–H and O–H groups in total. The lowest BCUT2D eigenvalue weighted by Crippen LogP contribution is -2.51. The second kappa shape index (κ2) is 8.82. The lowest BCUT2D eigenvalue weighted by Gasteiger charge is -2.33. The number of carbonyl (C=O) groups excluding carboxylic acids is 3. The van der Waals surface area contributed by atoms with Gasteiger partial charge < -0.3 is 14.8 Å². The number of aryl methyl sites for hydroxylation is 2. The first-order valence-corrected chi connectivity index (χ1v) is 12.4. The van der Waals surface area contributed by atoms with Gasteiger partial charge in [0.25, 0.3) is 5.91 Å². The third-order valence-electron chi connectivity index (χ3n) is 5.74. The standard InChI is InChI=1S/C22H29N3O5S/c1-14-7-8-18-17(10-14)11-19(24(18)3)21(27)23-15(2)22(28)25-9-5-6-16(12-25)20(26)13-31(4,29)30/h7-8,10-11,15-16H,5-6,9,12-13H2,1-4H3,(H,23,27)/t15-,16?/m1/s1. The normalized spacial score (nSPS) is 18.1. The molecule has 9 heteroatoms. The predicted molar refractivity (Wildman–Crippen MR) is 119 cm³/mol. The number of amides is 2. The van der Waals surface area contributed by atoms with Crippen molar-refractivity contribution >= 4 is 38.3 Å². The van der Waals surface area contributed by atoms with Crippen LogP contribution in [-0.4, -0.2) is 66.6 Å². The van der Waals surface area contributed by atoms with E-state index in [4.69, 9.17) is 0 Å². The Morgan fingerprint density at radius 2 is 1.94 bits per heavy atom. The van der Waals surface area contributed by atoms with Gasteiger partial charge in [-0.3, -0.25) is 14.4 Å². The molecule has 2 amide bonds. The van der Waals surface area contributed by atoms with Crippen molar-refractivity contribution in [1.82, 2.24) is 14.8 Å². The molecule has 8 nitrogen and oxygen atoms in total. The average molecular weight is 448 g/mol. The summed E-state index contributed by atoms with van der Waals surface area (Å²) < 4.78 is 24.6. The van der Waals surface area contributed by atoms with Crippen LogP contribution in [0.1, 0.15) is 35.8 Å². The highest BCUT2D eigenvalue weighted by Gasteiger charge is 2.32. The van der Waals surface area contributed by atoms with Crippen LogP contribution in [0.5, 0.6) is 0 Å². The van der Waals surface area contributed by atoms with Crippen molar-refractivity contribution < 1.29 is 22.8 Å². The number of hydrogen-bond donors (Lipinski definition) is 1. The van der Waals surface area contributed by atoms with E-state index in [1.807, 2.05) is 32.2 Å². The van der Waals surface area contributed by atoms with Crippen LogP contribution in [0, 0.1) is 12.8 Å². The van der Waals surface area contributed by atoms with E-state index in [2.05, 4.69) is 5.32 Å². The van der Waals surface area contributed by atoms with Gasteiger partial charge in [-0.25, -0.2) is 8.42 Å². The van der Waals surface area contributed by atoms with Crippen LogP contribution in [0.2, 0.25) is 0 Å². The number of benzene rings is 1. The molecule has 31 heavy (non-hydrogen) atoms. The number of rotatable bonds is 6. The van der Waals surface area contributed by atoms with Crippen LogP contribution in [-0.2, 0) is 26.5 Å². The van der Waals surface area contributed by atoms with Gasteiger partial charge in [0, 0.05) is 43.2 Å². The van der Waals surface area contributed by atoms with Gasteiger partial charge in [0.1, 0.15) is 17.5 Å². The average Bonchev–Trinajstić information content (AvgIpc) is 3.02. The van der Waals surface area contributed by atoms with Crippen LogP contribution < -0.4 is 5.32 Å². The number of Topliss-reactive ketones (excluding diaryl/α,β-unsaturated/α-hetero) is 1. The summed E-state index contributed by atoms with van der Waals surface area (Å²) >= 11 is 0. The van der Waals surface area contributed by atoms with E-state index in [0.29, 0.717) is 25.1 Å². The van der Waals surface area contributed by atoms with Gasteiger partial charge in [-0.15, -0.1) is 0 Å². The highest BCUT2D eigenvalue weighted by Crippen LogP contribution is 2.21. The minimum absolute atomic E-state index is 0.181. The molecule has 2 aromatic rings. The number of carbonyl (C=O) groups is 3. The maximum atomic E-state index is 12.9. The van der Waals surface area contributed by atoms with Gasteiger partial charge in [-0.1, -0.05) is 11.6 Å². The number of nitrogens with one attached hydrogen (secondary N) is 1. The number of likely N-dealkylation sites (tertiary alicyclic amines) is 1. The van der Waals surface area contributed by atoms with Crippen molar-refractivity contribution in [3.05, 3.63) is 35.5 Å². The highest BCUT2D eigenvalue weighted by molar-refractivity contribution is 7.91. The molecule has 2 atom stereocenters. The van der Waals surface area contributed by atoms with Crippen molar-refractivity contribution in [1.29, 1.82) is 0 Å². The fourth-order valence-corrected chi connectivity index (χ4v) is 4.86. The number of piperidine rings is 1. The van der Waals surface area contributed by atoms with Gasteiger partial charge in [-0.2, -0.15) is 0 Å². The molecule has 1 unspecified atom stereocenters. The first kappa shape index (κ1) is 23.0. The Morgan fingerprint density at radius 3 is 2.61 bits per heavy atom. The third kappa shape index (κ3) is 5.33. The zero-order valence-electron chi connectivity index (χ0n) is 18.3. The molecule has 1 aliphatic rings. The Bertz CT molecular complexity index is 1140. The summed E-state index contributed by atoms with van der Waals surface area (Å²) in [6.45, 7) is 4.27. The summed E-state index contributed by atoms with van der Waals surface area (Å²) in [6.07, 6.45) is 2.21. The maximum absolute atomic E-state index is 12.9. The molecule has 1 saturated heterocycles. The molecule has 0 aliphatic carbocycles. The van der Waals surface area contributed by atoms with Gasteiger partial charge >= 0.3 is 0 Å². The lowest BCUT2D eigenvalue weighted by atomic mass is 9.94. The Labute approximate surface area is 182 Å². The van der Waals surface area contributed by atoms with Crippen molar-refractivity contribution in [2.24, 2.45) is 13.0 Å². The Hall–Kier alpha value is -2.68. The molecule has 1 aliphatic heterocycles. The SMILES string of the molecule is Cc1ccc2c(c1)cc(C(=O)N[C@H](C)C(=O)N1CCCC(C(=O)CS(C)(=O)=O)C1)n2C. The Kier molecular flexibility index (Phi) is 6.54. The van der Waals surface area contributed by atoms with E-state index < -0.39 is 27.5 Å². The smallest absolute Gasteiger partial charge is 0.268 e. The van der Waals surface area contributed by atoms with Gasteiger partial charge in [0.05, 0.1) is 0 Å². The molecule has 1 aromatic heterocycles. The third-order valence-corrected chi connectivity index (χ3v) is 6.55. The van der Waals surface area contributed by atoms with Gasteiger partial charge in [0.15, 0.2) is 15.6 Å². The quantitative estimate of drug-likeness (QED) is 0.722. The highest BCUT2D eigenvalue weighted by atomic mass is 32.2. The number of sulfone groups is 1. The van der Waals surface area contributed by atoms with E-state index in [9.17, 15) is 22.8 Å². The number of nitrogens with zero attached hydrogens (tertiary/aromatic N) is 2. The van der Waals surface area contributed by atoms with Crippen molar-refractivity contribution in [2.45, 2.75) is 32.7 Å². The Balaban J connectivity index is 1.66. The fourth-order valence-electron chi connectivity index (χ4n) is 4.11. The molecule has 0 saturated carbocycles. The van der Waals surface area contributed by atoms with Gasteiger partial charge in [0.2, 0.25) is 5.91 Å². The summed E-state index contributed by atoms with van der Waals surface area (Å²) in [5.41, 5.74) is 2.48. The van der Waals surface area contributed by atoms with Crippen molar-refractivity contribution in [3.63, 3.8) is 0 Å². The van der Waals surface area contributed by atoms with Crippen LogP contribution >= 0.6 is 0 Å². The topological polar surface area (TPSA) is 106 Å². The van der Waals surface area contributed by atoms with E-state index in [1.54, 1.807) is 22.5 Å². The van der Waals surface area contributed by atoms with Crippen LogP contribution in [0.4, 0.5) is 0 Å². The van der Waals surface area contributed by atoms with Crippen LogP contribution in [0.3, 0.4) is 0 Å². The molecular weight excluding hydrogens is 418 g/mol. The second-order valence-corrected chi connectivity index (χ2v) is 10.6. The van der Waals surface area contributed by atoms with E-state index >= 15 is 0 Å². The number of fused-ring (bicyclic) bond motifs is 1. The molecule has 0 spiro atoms. The fraction of sp³-hybridized carbons (Fsp3) is 0.500. The van der Waals surface area contributed by atoms with Crippen LogP contribution in [0.25, 0.3) is 10.9 Å². The van der Waals surface area contributed by atoms with E-state index in [0.717, 1.165) is 22.7 Å². The predicted octanol–water partition coefficient (Wildman–Crippen LogP) is 1.46. The Morgan fingerprint density at radius 1 is 1.23 bits per heavy atom. The molecule has 3 rings (SSSR count). The molecule has 2 heterocycles. The molecule has 168 valence electrons. The largest absolute Gasteiger partial charge is 0.340 e. The minimum Gasteiger partial charge on any atom is -0.340 e. The minimum atomic E-state index is -3.40. The molecule has 0 radical (unpaired) electrons. The second-order valence-electron chi connectivity index (χ2n) is 8.51. The number of ketones is 1. The number of aromatic nitrogens is 1. The van der Waals surface area contributed by atoms with Crippen molar-refractivity contribution in [2.75, 3.05) is 25.1 Å². The van der Waals surface area contributed by atoms with Crippen molar-refractivity contribution in [3.8, 4) is 0 Å². The first-order chi connectivity index (χ1) is 14.5. The monoisotopic (exact) mass is 447 g/mol. The summed E-state index contributed by atoms with van der Waals surface area (Å²) in [6, 6.07) is 6.97. The van der Waals surface area contributed by atoms with E-state index in [-0.39, 0.29) is 24.1 Å². The lowest BCUT2D eigenvalue weighted by molar-refractivity contribution is -0.136. The summed E-state index contributed by atoms with van der Waals surface area (Å²) in [7, 11) is -1.60. The zero-order valence-corrected chi connectivity index (χ0v) is 19.2. The van der Waals surface area contributed by atoms with Gasteiger partial charge in [-0.05, 0) is 44.9 Å². The first-order valence-electron chi connectivity index (χ1n) is 10.3. The number of hydrogen-bond acceptors (Lipinski definition) is 5. The summed E-state index contributed by atoms with van der Waals surface area (Å²) in [5, 5.41) is 3.71. The molecule has 1 aromatic carbocycles. The summed E-state index contributed by atoms with van der Waals surface area (Å²) in [4.78, 5) is 39.5. The maximum Gasteiger partial charge on any atom is 0.268 e. The summed E-state index contributed by atoms with van der Waals surface area (Å²) in [5.74, 6) is -1.98. The molecule has 1 fully saturated rings. The molecule has 0 bridgehead atoms.